The molecular formula is C15H23N3O3. The van der Waals surface area contributed by atoms with Crippen LogP contribution in [0.2, 0.25) is 0 Å². The number of carbonyl (C=O) groups excluding carboxylic acids is 1. The zero-order valence-corrected chi connectivity index (χ0v) is 13.1. The summed E-state index contributed by atoms with van der Waals surface area (Å²) in [5.74, 6) is 0.293. The zero-order valence-electron chi connectivity index (χ0n) is 13.1. The van der Waals surface area contributed by atoms with E-state index in [2.05, 4.69) is 9.97 Å². The number of carbonyl (C=O) groups is 1. The second kappa shape index (κ2) is 6.28. The number of amides is 1. The van der Waals surface area contributed by atoms with Crippen molar-refractivity contribution in [3.8, 4) is 6.01 Å². The standard InChI is InChI=1S/C15H23N3O3/c1-11-5-7-16-13(17-11)20-10-12-6-8-18(9-12)14(19)21-15(2,3)4/h5,7,12H,6,8-10H2,1-4H3/t12-/m1/s1. The van der Waals surface area contributed by atoms with Crippen molar-refractivity contribution < 1.29 is 14.3 Å². The van der Waals surface area contributed by atoms with Gasteiger partial charge in [-0.1, -0.05) is 0 Å². The lowest BCUT2D eigenvalue weighted by atomic mass is 10.1. The molecule has 0 N–H and O–H groups in total. The topological polar surface area (TPSA) is 64.5 Å². The molecule has 0 radical (unpaired) electrons. The fourth-order valence-corrected chi connectivity index (χ4v) is 2.15. The Morgan fingerprint density at radius 2 is 2.24 bits per heavy atom. The van der Waals surface area contributed by atoms with E-state index in [-0.39, 0.29) is 6.09 Å². The van der Waals surface area contributed by atoms with Crippen molar-refractivity contribution in [2.75, 3.05) is 19.7 Å². The van der Waals surface area contributed by atoms with E-state index in [0.29, 0.717) is 31.6 Å². The van der Waals surface area contributed by atoms with Crippen molar-refractivity contribution in [1.82, 2.24) is 14.9 Å². The summed E-state index contributed by atoms with van der Waals surface area (Å²) in [7, 11) is 0. The average molecular weight is 293 g/mol. The van der Waals surface area contributed by atoms with Gasteiger partial charge in [0.2, 0.25) is 0 Å². The van der Waals surface area contributed by atoms with Crippen molar-refractivity contribution in [1.29, 1.82) is 0 Å². The molecule has 0 aliphatic carbocycles. The Morgan fingerprint density at radius 1 is 1.48 bits per heavy atom. The molecule has 21 heavy (non-hydrogen) atoms. The van der Waals surface area contributed by atoms with Gasteiger partial charge in [0.1, 0.15) is 5.60 Å². The lowest BCUT2D eigenvalue weighted by Gasteiger charge is -2.24. The summed E-state index contributed by atoms with van der Waals surface area (Å²) in [6, 6.07) is 2.22. The Kier molecular flexibility index (Phi) is 4.65. The maximum atomic E-state index is 12.0. The predicted molar refractivity (Wildman–Crippen MR) is 78.2 cm³/mol. The molecule has 1 atom stereocenters. The van der Waals surface area contributed by atoms with Crippen LogP contribution in [0.1, 0.15) is 32.9 Å². The Labute approximate surface area is 125 Å². The molecule has 6 nitrogen and oxygen atoms in total. The molecule has 0 bridgehead atoms. The van der Waals surface area contributed by atoms with E-state index < -0.39 is 5.60 Å². The van der Waals surface area contributed by atoms with Crippen LogP contribution in [-0.4, -0.2) is 46.3 Å². The third-order valence-electron chi connectivity index (χ3n) is 3.16. The van der Waals surface area contributed by atoms with Crippen LogP contribution < -0.4 is 4.74 Å². The summed E-state index contributed by atoms with van der Waals surface area (Å²) in [5, 5.41) is 0. The summed E-state index contributed by atoms with van der Waals surface area (Å²) >= 11 is 0. The molecule has 1 fully saturated rings. The van der Waals surface area contributed by atoms with Gasteiger partial charge in [0.25, 0.3) is 0 Å². The van der Waals surface area contributed by atoms with Crippen molar-refractivity contribution in [3.63, 3.8) is 0 Å². The molecule has 2 heterocycles. The summed E-state index contributed by atoms with van der Waals surface area (Å²) in [5.41, 5.74) is 0.419. The van der Waals surface area contributed by atoms with Crippen LogP contribution in [0.25, 0.3) is 0 Å². The second-order valence-corrected chi connectivity index (χ2v) is 6.37. The highest BCUT2D eigenvalue weighted by Gasteiger charge is 2.30. The minimum absolute atomic E-state index is 0.253. The van der Waals surface area contributed by atoms with E-state index >= 15 is 0 Å². The van der Waals surface area contributed by atoms with Crippen LogP contribution in [0.4, 0.5) is 4.79 Å². The zero-order chi connectivity index (χ0) is 15.5. The van der Waals surface area contributed by atoms with Crippen molar-refractivity contribution in [3.05, 3.63) is 18.0 Å². The molecule has 1 aliphatic heterocycles. The summed E-state index contributed by atoms with van der Waals surface area (Å²) in [6.45, 7) is 9.39. The third kappa shape index (κ3) is 4.88. The number of rotatable bonds is 3. The molecule has 1 saturated heterocycles. The van der Waals surface area contributed by atoms with Crippen LogP contribution in [-0.2, 0) is 4.74 Å². The van der Waals surface area contributed by atoms with Crippen molar-refractivity contribution in [2.24, 2.45) is 5.92 Å². The van der Waals surface area contributed by atoms with Gasteiger partial charge in [-0.15, -0.1) is 0 Å². The Morgan fingerprint density at radius 3 is 2.90 bits per heavy atom. The van der Waals surface area contributed by atoms with Gasteiger partial charge < -0.3 is 14.4 Å². The van der Waals surface area contributed by atoms with Gasteiger partial charge in [0.05, 0.1) is 6.61 Å². The van der Waals surface area contributed by atoms with Gasteiger partial charge >= 0.3 is 12.1 Å². The lowest BCUT2D eigenvalue weighted by Crippen LogP contribution is -2.35. The molecule has 1 aromatic heterocycles. The molecule has 6 heteroatoms. The number of nitrogens with zero attached hydrogens (tertiary/aromatic N) is 3. The molecule has 0 saturated carbocycles. The maximum absolute atomic E-state index is 12.0. The van der Waals surface area contributed by atoms with Gasteiger partial charge in [-0.3, -0.25) is 0 Å². The van der Waals surface area contributed by atoms with E-state index in [1.54, 1.807) is 11.1 Å². The predicted octanol–water partition coefficient (Wildman–Crippen LogP) is 2.42. The van der Waals surface area contributed by atoms with Gasteiger partial charge in [-0.05, 0) is 40.2 Å². The molecule has 0 aromatic carbocycles. The van der Waals surface area contributed by atoms with Crippen LogP contribution in [0.3, 0.4) is 0 Å². The first-order chi connectivity index (χ1) is 9.83. The summed E-state index contributed by atoms with van der Waals surface area (Å²) in [6.07, 6.45) is 2.33. The Bertz CT molecular complexity index is 499. The van der Waals surface area contributed by atoms with Gasteiger partial charge in [-0.2, -0.15) is 0 Å². The first-order valence-corrected chi connectivity index (χ1v) is 7.24. The SMILES string of the molecule is Cc1ccnc(OC[C@@H]2CCN(C(=O)OC(C)(C)C)C2)n1. The van der Waals surface area contributed by atoms with Crippen molar-refractivity contribution >= 4 is 6.09 Å². The van der Waals surface area contributed by atoms with Gasteiger partial charge in [0, 0.05) is 30.9 Å². The number of aromatic nitrogens is 2. The third-order valence-corrected chi connectivity index (χ3v) is 3.16. The molecule has 2 rings (SSSR count). The highest BCUT2D eigenvalue weighted by Crippen LogP contribution is 2.20. The number of likely N-dealkylation sites (tertiary alicyclic amines) is 1. The molecular weight excluding hydrogens is 270 g/mol. The smallest absolute Gasteiger partial charge is 0.410 e. The van der Waals surface area contributed by atoms with Gasteiger partial charge in [-0.25, -0.2) is 14.8 Å². The monoisotopic (exact) mass is 293 g/mol. The Hall–Kier alpha value is -1.85. The van der Waals surface area contributed by atoms with Crippen LogP contribution in [0.5, 0.6) is 6.01 Å². The van der Waals surface area contributed by atoms with Gasteiger partial charge in [0.15, 0.2) is 0 Å². The molecule has 0 unspecified atom stereocenters. The maximum Gasteiger partial charge on any atom is 0.410 e. The van der Waals surface area contributed by atoms with E-state index in [4.69, 9.17) is 9.47 Å². The second-order valence-electron chi connectivity index (χ2n) is 6.37. The molecule has 116 valence electrons. The van der Waals surface area contributed by atoms with E-state index in [1.807, 2.05) is 33.8 Å². The highest BCUT2D eigenvalue weighted by atomic mass is 16.6. The highest BCUT2D eigenvalue weighted by molar-refractivity contribution is 5.68. The lowest BCUT2D eigenvalue weighted by molar-refractivity contribution is 0.0284. The van der Waals surface area contributed by atoms with Crippen LogP contribution in [0, 0.1) is 12.8 Å². The largest absolute Gasteiger partial charge is 0.463 e. The number of hydrogen-bond donors (Lipinski definition) is 0. The fraction of sp³-hybridized carbons (Fsp3) is 0.667. The minimum Gasteiger partial charge on any atom is -0.463 e. The Balaban J connectivity index is 1.79. The fourth-order valence-electron chi connectivity index (χ4n) is 2.15. The van der Waals surface area contributed by atoms with Crippen molar-refractivity contribution in [2.45, 2.75) is 39.7 Å². The number of aryl methyl sites for hydroxylation is 1. The molecule has 1 aliphatic rings. The molecule has 1 aromatic rings. The average Bonchev–Trinajstić information content (AvgIpc) is 2.83. The van der Waals surface area contributed by atoms with Crippen LogP contribution >= 0.6 is 0 Å². The summed E-state index contributed by atoms with van der Waals surface area (Å²) in [4.78, 5) is 22.0. The van der Waals surface area contributed by atoms with E-state index in [9.17, 15) is 4.79 Å². The number of hydrogen-bond acceptors (Lipinski definition) is 5. The molecule has 0 spiro atoms. The van der Waals surface area contributed by atoms with E-state index in [0.717, 1.165) is 12.1 Å². The molecule has 1 amide bonds. The summed E-state index contributed by atoms with van der Waals surface area (Å²) < 4.78 is 11.0. The normalized spacial score (nSPS) is 18.7. The first-order valence-electron chi connectivity index (χ1n) is 7.24. The quantitative estimate of drug-likeness (QED) is 0.856. The number of ether oxygens (including phenoxy) is 2. The minimum atomic E-state index is -0.457. The van der Waals surface area contributed by atoms with E-state index in [1.165, 1.54) is 0 Å². The van der Waals surface area contributed by atoms with Crippen LogP contribution in [0.15, 0.2) is 12.3 Å². The first kappa shape index (κ1) is 15.5.